The first-order chi connectivity index (χ1) is 23.3. The van der Waals surface area contributed by atoms with Crippen molar-refractivity contribution in [2.75, 3.05) is 0 Å². The maximum atomic E-state index is 4.82. The normalized spacial score (nSPS) is 12.7. The van der Waals surface area contributed by atoms with Gasteiger partial charge in [0, 0.05) is 37.2 Å². The molecule has 8 rings (SSSR count). The summed E-state index contributed by atoms with van der Waals surface area (Å²) in [7, 11) is -1.34. The van der Waals surface area contributed by atoms with Crippen LogP contribution in [0.5, 0.6) is 0 Å². The number of rotatable bonds is 5. The summed E-state index contributed by atoms with van der Waals surface area (Å²) in [6, 6.07) is 41.0. The van der Waals surface area contributed by atoms with E-state index in [1.807, 2.05) is 35.7 Å². The largest absolute Gasteiger partial charge is 0.305 e. The minimum atomic E-state index is -1.34. The summed E-state index contributed by atoms with van der Waals surface area (Å²) in [6.07, 6.45) is 8.92. The fourth-order valence-corrected chi connectivity index (χ4v) is 9.80. The van der Waals surface area contributed by atoms with E-state index < -0.39 is 8.07 Å². The van der Waals surface area contributed by atoms with Crippen LogP contribution >= 0.6 is 11.3 Å². The van der Waals surface area contributed by atoms with Gasteiger partial charge in [0.05, 0.1) is 8.07 Å². The van der Waals surface area contributed by atoms with E-state index >= 15 is 0 Å². The maximum Gasteiger partial charge on any atom is 0.0799 e. The SMILES string of the molecule is CC(C)c1cc(-c2[c-]cccc2)ncc1[Si](C)(C)C.[Ir].[c-]1ccc2c(sc3cc(-c4ccccc4)ccc32)c1-c1nccc2c1CCCC2. The number of hydrogen-bond donors (Lipinski definition) is 0. The zero-order chi connectivity index (χ0) is 33.3. The molecule has 1 aliphatic rings. The topological polar surface area (TPSA) is 25.8 Å². The molecule has 0 amide bonds. The van der Waals surface area contributed by atoms with Gasteiger partial charge in [0.25, 0.3) is 0 Å². The van der Waals surface area contributed by atoms with Crippen molar-refractivity contribution in [2.45, 2.75) is 65.1 Å². The summed E-state index contributed by atoms with van der Waals surface area (Å²) >= 11 is 1.87. The molecule has 0 saturated carbocycles. The monoisotopic (exact) mass is 851 g/mol. The molecule has 7 aromatic rings. The van der Waals surface area contributed by atoms with Gasteiger partial charge in [-0.15, -0.1) is 59.7 Å². The van der Waals surface area contributed by atoms with E-state index in [-0.39, 0.29) is 20.1 Å². The van der Waals surface area contributed by atoms with E-state index in [9.17, 15) is 0 Å². The second-order valence-corrected chi connectivity index (χ2v) is 20.2. The number of hydrogen-bond acceptors (Lipinski definition) is 3. The van der Waals surface area contributed by atoms with Crippen LogP contribution in [0.2, 0.25) is 19.6 Å². The van der Waals surface area contributed by atoms with Crippen LogP contribution < -0.4 is 5.19 Å². The minimum Gasteiger partial charge on any atom is -0.305 e. The van der Waals surface area contributed by atoms with Crippen LogP contribution in [0.15, 0.2) is 109 Å². The zero-order valence-electron chi connectivity index (χ0n) is 28.9. The van der Waals surface area contributed by atoms with Crippen molar-refractivity contribution in [3.63, 3.8) is 0 Å². The Morgan fingerprint density at radius 3 is 2.31 bits per heavy atom. The first kappa shape index (κ1) is 35.1. The van der Waals surface area contributed by atoms with Crippen LogP contribution in [0.4, 0.5) is 0 Å². The molecule has 0 spiro atoms. The molecule has 2 nitrogen and oxygen atoms in total. The molecule has 0 bridgehead atoms. The Morgan fingerprint density at radius 2 is 1.55 bits per heavy atom. The molecule has 0 saturated heterocycles. The van der Waals surface area contributed by atoms with E-state index in [0.29, 0.717) is 5.92 Å². The van der Waals surface area contributed by atoms with Gasteiger partial charge in [0.15, 0.2) is 0 Å². The molecule has 1 aliphatic carbocycles. The summed E-state index contributed by atoms with van der Waals surface area (Å²) in [5.41, 5.74) is 11.3. The standard InChI is InChI=1S/C27H20NS.C17H22NSi.Ir/c1-2-7-18(8-3-1)20-13-14-22-23-11-6-12-24(27(23)29-25(22)17-20)26-21-10-5-4-9-19(21)15-16-28-26;1-13(2)15-11-16(14-9-7-6-8-10-14)18-12-17(15)19(3,4)5;/h1-3,6-8,11,13-17H,4-5,9-10H2;6-9,11-13H,1-5H3;/q2*-1;. The number of fused-ring (bicyclic) bond motifs is 4. The molecule has 249 valence electrons. The van der Waals surface area contributed by atoms with Gasteiger partial charge >= 0.3 is 0 Å². The third-order valence-electron chi connectivity index (χ3n) is 9.40. The number of thiophene rings is 1. The first-order valence-electron chi connectivity index (χ1n) is 17.1. The van der Waals surface area contributed by atoms with Gasteiger partial charge in [-0.3, -0.25) is 0 Å². The molecule has 0 fully saturated rings. The Labute approximate surface area is 310 Å². The Balaban J connectivity index is 0.000000183. The van der Waals surface area contributed by atoms with E-state index in [1.165, 1.54) is 78.0 Å². The van der Waals surface area contributed by atoms with Gasteiger partial charge < -0.3 is 9.97 Å². The van der Waals surface area contributed by atoms with Gasteiger partial charge in [0.2, 0.25) is 0 Å². The molecule has 0 unspecified atom stereocenters. The van der Waals surface area contributed by atoms with Crippen LogP contribution in [0, 0.1) is 12.1 Å². The van der Waals surface area contributed by atoms with Crippen LogP contribution in [0.1, 0.15) is 49.3 Å². The van der Waals surface area contributed by atoms with E-state index in [2.05, 4.69) is 136 Å². The van der Waals surface area contributed by atoms with E-state index in [0.717, 1.165) is 23.4 Å². The molecular weight excluding hydrogens is 809 g/mol. The molecule has 1 radical (unpaired) electrons. The Kier molecular flexibility index (Phi) is 10.8. The fourth-order valence-electron chi connectivity index (χ4n) is 6.88. The van der Waals surface area contributed by atoms with Gasteiger partial charge in [-0.05, 0) is 81.5 Å². The summed E-state index contributed by atoms with van der Waals surface area (Å²) in [5.74, 6) is 0.534. The number of aryl methyl sites for hydroxylation is 1. The van der Waals surface area contributed by atoms with Crippen molar-refractivity contribution >= 4 is 44.8 Å². The molecule has 0 N–H and O–H groups in total. The van der Waals surface area contributed by atoms with Gasteiger partial charge in [-0.25, -0.2) is 0 Å². The van der Waals surface area contributed by atoms with Crippen molar-refractivity contribution in [3.05, 3.63) is 138 Å². The Bertz CT molecular complexity index is 2200. The number of pyridine rings is 2. The van der Waals surface area contributed by atoms with Gasteiger partial charge in [0.1, 0.15) is 0 Å². The maximum absolute atomic E-state index is 4.82. The fraction of sp³-hybridized carbons (Fsp3) is 0.227. The second kappa shape index (κ2) is 15.0. The van der Waals surface area contributed by atoms with Crippen molar-refractivity contribution < 1.29 is 20.1 Å². The molecule has 3 heterocycles. The summed E-state index contributed by atoms with van der Waals surface area (Å²) in [5, 5.41) is 4.11. The molecule has 49 heavy (non-hydrogen) atoms. The summed E-state index contributed by atoms with van der Waals surface area (Å²) in [6.45, 7) is 11.7. The predicted octanol–water partition coefficient (Wildman–Crippen LogP) is 11.7. The minimum absolute atomic E-state index is 0. The zero-order valence-corrected chi connectivity index (χ0v) is 33.1. The van der Waals surface area contributed by atoms with Crippen molar-refractivity contribution in [1.82, 2.24) is 9.97 Å². The van der Waals surface area contributed by atoms with Gasteiger partial charge in [-0.1, -0.05) is 104 Å². The quantitative estimate of drug-likeness (QED) is 0.127. The van der Waals surface area contributed by atoms with Crippen LogP contribution in [-0.2, 0) is 32.9 Å². The smallest absolute Gasteiger partial charge is 0.0799 e. The van der Waals surface area contributed by atoms with Crippen LogP contribution in [0.25, 0.3) is 53.8 Å². The molecule has 3 aromatic heterocycles. The van der Waals surface area contributed by atoms with Crippen molar-refractivity contribution in [2.24, 2.45) is 0 Å². The van der Waals surface area contributed by atoms with E-state index in [4.69, 9.17) is 4.98 Å². The average molecular weight is 851 g/mol. The van der Waals surface area contributed by atoms with Crippen LogP contribution in [0.3, 0.4) is 0 Å². The average Bonchev–Trinajstić information content (AvgIpc) is 3.50. The van der Waals surface area contributed by atoms with Crippen molar-refractivity contribution in [3.8, 4) is 33.6 Å². The number of aromatic nitrogens is 2. The number of benzene rings is 4. The van der Waals surface area contributed by atoms with E-state index in [1.54, 1.807) is 0 Å². The molecular formula is C44H42IrN2SSi-2. The molecule has 5 heteroatoms. The van der Waals surface area contributed by atoms with Crippen LogP contribution in [-0.4, -0.2) is 18.0 Å². The third kappa shape index (κ3) is 7.42. The summed E-state index contributed by atoms with van der Waals surface area (Å²) in [4.78, 5) is 9.49. The predicted molar refractivity (Wildman–Crippen MR) is 209 cm³/mol. The molecule has 0 aliphatic heterocycles. The third-order valence-corrected chi connectivity index (χ3v) is 12.6. The second-order valence-electron chi connectivity index (χ2n) is 14.1. The molecule has 0 atom stereocenters. The van der Waals surface area contributed by atoms with Crippen molar-refractivity contribution in [1.29, 1.82) is 0 Å². The van der Waals surface area contributed by atoms with Gasteiger partial charge in [-0.2, -0.15) is 11.3 Å². The summed E-state index contributed by atoms with van der Waals surface area (Å²) < 4.78 is 2.63. The first-order valence-corrected chi connectivity index (χ1v) is 21.5. The molecule has 4 aromatic carbocycles. The Hall–Kier alpha value is -3.73. The Morgan fingerprint density at radius 1 is 0.755 bits per heavy atom. The number of nitrogens with zero attached hydrogens (tertiary/aromatic N) is 2.